The molecular formula is C23H22N8O2. The number of nitriles is 1. The molecule has 1 aliphatic rings. The van der Waals surface area contributed by atoms with Gasteiger partial charge < -0.3 is 26.8 Å². The van der Waals surface area contributed by atoms with Gasteiger partial charge in [-0.25, -0.2) is 9.97 Å². The number of hydrogen-bond acceptors (Lipinski definition) is 8. The van der Waals surface area contributed by atoms with Crippen LogP contribution in [0, 0.1) is 11.3 Å². The van der Waals surface area contributed by atoms with Crippen molar-refractivity contribution in [1.82, 2.24) is 15.3 Å². The molecule has 6 N–H and O–H groups in total. The van der Waals surface area contributed by atoms with Crippen LogP contribution in [-0.4, -0.2) is 40.8 Å². The Morgan fingerprint density at radius 1 is 1.21 bits per heavy atom. The number of ether oxygens (including phenoxy) is 1. The fraction of sp³-hybridized carbons (Fsp3) is 0.174. The minimum Gasteiger partial charge on any atom is -0.456 e. The molecule has 3 heterocycles. The highest BCUT2D eigenvalue weighted by Crippen LogP contribution is 2.28. The van der Waals surface area contributed by atoms with Crippen LogP contribution < -0.4 is 26.8 Å². The average Bonchev–Trinajstić information content (AvgIpc) is 3.32. The van der Waals surface area contributed by atoms with E-state index in [0.717, 1.165) is 19.5 Å². The zero-order valence-electron chi connectivity index (χ0n) is 17.7. The third-order valence-corrected chi connectivity index (χ3v) is 5.03. The van der Waals surface area contributed by atoms with Gasteiger partial charge in [0.25, 0.3) is 5.91 Å². The van der Waals surface area contributed by atoms with Crippen molar-refractivity contribution in [3.05, 3.63) is 71.5 Å². The summed E-state index contributed by atoms with van der Waals surface area (Å²) >= 11 is 0. The molecule has 166 valence electrons. The zero-order valence-corrected chi connectivity index (χ0v) is 17.7. The zero-order chi connectivity index (χ0) is 23.2. The number of nitrogens with two attached hydrogens (primary N) is 2. The molecule has 1 saturated heterocycles. The van der Waals surface area contributed by atoms with E-state index < -0.39 is 0 Å². The Hall–Kier alpha value is -4.49. The largest absolute Gasteiger partial charge is 0.456 e. The van der Waals surface area contributed by atoms with E-state index in [1.807, 2.05) is 6.07 Å². The predicted molar refractivity (Wildman–Crippen MR) is 124 cm³/mol. The number of rotatable bonds is 6. The van der Waals surface area contributed by atoms with E-state index in [0.29, 0.717) is 34.0 Å². The second kappa shape index (κ2) is 9.76. The van der Waals surface area contributed by atoms with E-state index in [2.05, 4.69) is 25.6 Å². The Balaban J connectivity index is 1.49. The lowest BCUT2D eigenvalue weighted by atomic mass is 10.2. The molecule has 0 aliphatic carbocycles. The third kappa shape index (κ3) is 5.23. The topological polar surface area (TPSA) is 164 Å². The fourth-order valence-electron chi connectivity index (χ4n) is 3.37. The van der Waals surface area contributed by atoms with E-state index in [1.165, 1.54) is 18.5 Å². The number of aliphatic imine (C=N–C) groups is 1. The molecule has 0 radical (unpaired) electrons. The van der Waals surface area contributed by atoms with Crippen molar-refractivity contribution in [2.24, 2.45) is 10.7 Å². The Morgan fingerprint density at radius 2 is 2.00 bits per heavy atom. The fourth-order valence-corrected chi connectivity index (χ4v) is 3.37. The number of benzene rings is 1. The molecule has 1 aromatic carbocycles. The summed E-state index contributed by atoms with van der Waals surface area (Å²) in [5, 5.41) is 14.9. The second-order valence-corrected chi connectivity index (χ2v) is 7.35. The van der Waals surface area contributed by atoms with Gasteiger partial charge in [0.2, 0.25) is 0 Å². The molecule has 1 atom stereocenters. The summed E-state index contributed by atoms with van der Waals surface area (Å²) in [6.45, 7) is 1.66. The molecule has 10 nitrogen and oxygen atoms in total. The van der Waals surface area contributed by atoms with Gasteiger partial charge in [-0.3, -0.25) is 9.79 Å². The van der Waals surface area contributed by atoms with Crippen molar-refractivity contribution >= 4 is 23.4 Å². The number of carbonyl (C=O) groups is 1. The third-order valence-electron chi connectivity index (χ3n) is 5.03. The Kier molecular flexibility index (Phi) is 6.43. The number of carbonyl (C=O) groups excluding carboxylic acids is 1. The molecule has 10 heteroatoms. The number of nitrogens with zero attached hydrogens (tertiary/aromatic N) is 4. The lowest BCUT2D eigenvalue weighted by Crippen LogP contribution is -2.22. The first-order valence-electron chi connectivity index (χ1n) is 10.3. The molecule has 4 rings (SSSR count). The van der Waals surface area contributed by atoms with E-state index in [1.54, 1.807) is 36.4 Å². The van der Waals surface area contributed by atoms with Gasteiger partial charge >= 0.3 is 0 Å². The van der Waals surface area contributed by atoms with Crippen LogP contribution in [0.2, 0.25) is 0 Å². The minimum atomic E-state index is -0.362. The van der Waals surface area contributed by atoms with Crippen molar-refractivity contribution in [3.63, 3.8) is 0 Å². The molecule has 1 aliphatic heterocycles. The lowest BCUT2D eigenvalue weighted by Gasteiger charge is -2.14. The summed E-state index contributed by atoms with van der Waals surface area (Å²) in [5.74, 6) is 1.33. The monoisotopic (exact) mass is 442 g/mol. The van der Waals surface area contributed by atoms with Crippen LogP contribution in [0.15, 0.2) is 59.9 Å². The first-order valence-corrected chi connectivity index (χ1v) is 10.3. The molecule has 1 unspecified atom stereocenters. The molecule has 0 bridgehead atoms. The normalized spacial score (nSPS) is 15.6. The summed E-state index contributed by atoms with van der Waals surface area (Å²) in [6, 6.07) is 13.4. The number of nitrogens with one attached hydrogen (secondary N) is 2. The maximum atomic E-state index is 12.5. The number of hydrogen-bond donors (Lipinski definition) is 4. The minimum absolute atomic E-state index is 0.0820. The maximum Gasteiger partial charge on any atom is 0.256 e. The van der Waals surface area contributed by atoms with E-state index in [9.17, 15) is 4.79 Å². The Labute approximate surface area is 190 Å². The molecule has 3 aromatic rings. The molecule has 2 aromatic heterocycles. The summed E-state index contributed by atoms with van der Waals surface area (Å²) in [7, 11) is 0. The van der Waals surface area contributed by atoms with Crippen LogP contribution >= 0.6 is 0 Å². The summed E-state index contributed by atoms with van der Waals surface area (Å²) in [5.41, 5.74) is 13.5. The van der Waals surface area contributed by atoms with Gasteiger partial charge in [-0.1, -0.05) is 0 Å². The van der Waals surface area contributed by atoms with Gasteiger partial charge in [0.15, 0.2) is 0 Å². The Bertz CT molecular complexity index is 1230. The van der Waals surface area contributed by atoms with E-state index in [-0.39, 0.29) is 23.6 Å². The van der Waals surface area contributed by atoms with Crippen LogP contribution in [0.3, 0.4) is 0 Å². The molecular weight excluding hydrogens is 420 g/mol. The number of pyridine rings is 2. The van der Waals surface area contributed by atoms with Crippen LogP contribution in [0.5, 0.6) is 11.5 Å². The van der Waals surface area contributed by atoms with Crippen LogP contribution in [0.4, 0.5) is 11.6 Å². The quantitative estimate of drug-likeness (QED) is 0.333. The molecule has 1 fully saturated rings. The van der Waals surface area contributed by atoms with Crippen LogP contribution in [-0.2, 0) is 0 Å². The highest BCUT2D eigenvalue weighted by Gasteiger charge is 2.18. The van der Waals surface area contributed by atoms with Crippen molar-refractivity contribution in [3.8, 4) is 17.6 Å². The molecule has 0 saturated carbocycles. The highest BCUT2D eigenvalue weighted by atomic mass is 16.5. The standard InChI is InChI=1S/C23H22N8O2/c24-12-14-5-9-28-19(11-14)31-23(32)15-1-3-17(4-2-15)33-18-7-10-29-21(25)20(18)22(26)30-16-6-8-27-13-16/h1-5,7,9-11,16,27H,6,8,13H2,(H2,25,29)(H2,26,30)(H,28,31,32). The van der Waals surface area contributed by atoms with Crippen LogP contribution in [0.1, 0.15) is 27.9 Å². The van der Waals surface area contributed by atoms with Gasteiger partial charge in [0.1, 0.15) is 34.5 Å². The van der Waals surface area contributed by atoms with Crippen molar-refractivity contribution in [2.45, 2.75) is 12.5 Å². The highest BCUT2D eigenvalue weighted by molar-refractivity contribution is 6.04. The first-order chi connectivity index (χ1) is 16.0. The predicted octanol–water partition coefficient (Wildman–Crippen LogP) is 2.04. The average molecular weight is 442 g/mol. The number of amides is 1. The summed E-state index contributed by atoms with van der Waals surface area (Å²) in [6.07, 6.45) is 3.89. The first kappa shape index (κ1) is 21.7. The van der Waals surface area contributed by atoms with E-state index >= 15 is 0 Å². The second-order valence-electron chi connectivity index (χ2n) is 7.35. The van der Waals surface area contributed by atoms with Crippen molar-refractivity contribution in [2.75, 3.05) is 24.1 Å². The maximum absolute atomic E-state index is 12.5. The van der Waals surface area contributed by atoms with Gasteiger partial charge in [-0.2, -0.15) is 5.26 Å². The smallest absolute Gasteiger partial charge is 0.256 e. The number of anilines is 2. The SMILES string of the molecule is N#Cc1ccnc(NC(=O)c2ccc(Oc3ccnc(N)c3C(N)=NC3CCNC3)cc2)c1. The van der Waals surface area contributed by atoms with E-state index in [4.69, 9.17) is 21.5 Å². The van der Waals surface area contributed by atoms with Crippen molar-refractivity contribution in [1.29, 1.82) is 5.26 Å². The number of aromatic nitrogens is 2. The van der Waals surface area contributed by atoms with Crippen molar-refractivity contribution < 1.29 is 9.53 Å². The van der Waals surface area contributed by atoms with Gasteiger partial charge in [-0.05, 0) is 49.4 Å². The van der Waals surface area contributed by atoms with Gasteiger partial charge in [-0.15, -0.1) is 0 Å². The van der Waals surface area contributed by atoms with Gasteiger partial charge in [0, 0.05) is 30.6 Å². The number of amidine groups is 1. The number of nitrogen functional groups attached to an aromatic ring is 1. The molecule has 33 heavy (non-hydrogen) atoms. The lowest BCUT2D eigenvalue weighted by molar-refractivity contribution is 0.102. The molecule has 0 spiro atoms. The summed E-state index contributed by atoms with van der Waals surface area (Å²) in [4.78, 5) is 25.2. The Morgan fingerprint density at radius 3 is 2.73 bits per heavy atom. The van der Waals surface area contributed by atoms with Crippen LogP contribution in [0.25, 0.3) is 0 Å². The van der Waals surface area contributed by atoms with Gasteiger partial charge in [0.05, 0.1) is 17.7 Å². The summed E-state index contributed by atoms with van der Waals surface area (Å²) < 4.78 is 5.98. The molecule has 1 amide bonds.